The highest BCUT2D eigenvalue weighted by atomic mass is 19.4. The summed E-state index contributed by atoms with van der Waals surface area (Å²) in [6, 6.07) is 2.40. The second kappa shape index (κ2) is 11.1. The number of halogens is 16. The fourth-order valence-corrected chi connectivity index (χ4v) is 2.57. The van der Waals surface area contributed by atoms with Crippen molar-refractivity contribution in [3.05, 3.63) is 29.8 Å². The van der Waals surface area contributed by atoms with Crippen molar-refractivity contribution in [2.75, 3.05) is 11.9 Å². The van der Waals surface area contributed by atoms with Gasteiger partial charge in [-0.1, -0.05) is 13.3 Å². The molecule has 1 amide bonds. The van der Waals surface area contributed by atoms with E-state index in [0.29, 0.717) is 37.1 Å². The van der Waals surface area contributed by atoms with E-state index in [9.17, 15) is 79.8 Å². The van der Waals surface area contributed by atoms with Gasteiger partial charge in [0, 0.05) is 5.69 Å². The highest BCUT2D eigenvalue weighted by Gasteiger charge is 2.94. The van der Waals surface area contributed by atoms with Gasteiger partial charge in [-0.05, 0) is 30.7 Å². The number of carbonyl (C=O) groups excluding carboxylic acids is 2. The number of unbranched alkanes of at least 4 members (excludes halogenated alkanes) is 1. The van der Waals surface area contributed by atoms with Gasteiger partial charge in [-0.25, -0.2) is 13.6 Å². The molecule has 0 heterocycles. The normalized spacial score (nSPS) is 14.3. The van der Waals surface area contributed by atoms with Gasteiger partial charge in [-0.2, -0.15) is 61.5 Å². The van der Waals surface area contributed by atoms with Gasteiger partial charge in [-0.3, -0.25) is 4.79 Å². The Balaban J connectivity index is 3.34. The van der Waals surface area contributed by atoms with Crippen molar-refractivity contribution >= 4 is 17.6 Å². The summed E-state index contributed by atoms with van der Waals surface area (Å²) in [7, 11) is 0. The highest BCUT2D eigenvalue weighted by molar-refractivity contribution is 5.97. The minimum atomic E-state index is -8.60. The van der Waals surface area contributed by atoms with Crippen LogP contribution in [0.15, 0.2) is 24.3 Å². The number of benzene rings is 1. The first-order chi connectivity index (χ1) is 17.8. The minimum absolute atomic E-state index is 0.0707. The van der Waals surface area contributed by atoms with E-state index in [1.807, 2.05) is 0 Å². The van der Waals surface area contributed by atoms with Gasteiger partial charge in [0.2, 0.25) is 0 Å². The van der Waals surface area contributed by atoms with Crippen LogP contribution in [-0.2, 0) is 9.53 Å². The van der Waals surface area contributed by atoms with Crippen LogP contribution in [0.4, 0.5) is 75.9 Å². The van der Waals surface area contributed by atoms with E-state index in [1.165, 1.54) is 0 Å². The van der Waals surface area contributed by atoms with E-state index in [-0.39, 0.29) is 12.2 Å². The van der Waals surface area contributed by atoms with Crippen molar-refractivity contribution < 1.29 is 84.6 Å². The van der Waals surface area contributed by atoms with Crippen molar-refractivity contribution in [2.45, 2.75) is 67.6 Å². The Morgan fingerprint density at radius 3 is 1.57 bits per heavy atom. The summed E-state index contributed by atoms with van der Waals surface area (Å²) in [4.78, 5) is 23.3. The average molecular weight is 621 g/mol. The van der Waals surface area contributed by atoms with Gasteiger partial charge in [0.25, 0.3) is 0 Å². The zero-order valence-corrected chi connectivity index (χ0v) is 19.3. The molecule has 4 nitrogen and oxygen atoms in total. The average Bonchev–Trinajstić information content (AvgIpc) is 2.83. The molecular weight excluding hydrogens is 606 g/mol. The predicted molar refractivity (Wildman–Crippen MR) is 101 cm³/mol. The molecule has 0 unspecified atom stereocenters. The summed E-state index contributed by atoms with van der Waals surface area (Å²) in [5.74, 6) is -61.2. The van der Waals surface area contributed by atoms with E-state index in [0.717, 1.165) is 5.32 Å². The minimum Gasteiger partial charge on any atom is -0.462 e. The first kappa shape index (κ1) is 35.1. The van der Waals surface area contributed by atoms with Crippen LogP contribution in [0.5, 0.6) is 0 Å². The number of rotatable bonds is 13. The summed E-state index contributed by atoms with van der Waals surface area (Å²) in [5.41, 5.74) is -1.35. The molecule has 1 aromatic rings. The summed E-state index contributed by atoms with van der Waals surface area (Å²) in [6.07, 6.45) is -4.93. The third-order valence-electron chi connectivity index (χ3n) is 5.06. The quantitative estimate of drug-likeness (QED) is 0.143. The summed E-state index contributed by atoms with van der Waals surface area (Å²) >= 11 is 0. The standard InChI is InChI=1S/C20H15F16NO3/c1-2-3-8-40-11(38)9-4-6-10(7-5-9)37-13(39)15(25,26)17(29,30)19(33,34)20(35,36)18(31,32)16(27,28)14(23,24)12(21)22/h4-7,12H,2-3,8H2,1H3,(H,37,39). The van der Waals surface area contributed by atoms with Gasteiger partial charge >= 0.3 is 59.8 Å². The second-order valence-electron chi connectivity index (χ2n) is 7.89. The van der Waals surface area contributed by atoms with Crippen LogP contribution in [0.1, 0.15) is 30.1 Å². The number of nitrogens with one attached hydrogen (secondary N) is 1. The maximum atomic E-state index is 14.0. The van der Waals surface area contributed by atoms with Crippen LogP contribution >= 0.6 is 0 Å². The molecule has 1 rings (SSSR count). The third-order valence-corrected chi connectivity index (χ3v) is 5.06. The molecule has 0 aromatic heterocycles. The van der Waals surface area contributed by atoms with E-state index >= 15 is 0 Å². The Labute approximate surface area is 212 Å². The summed E-state index contributed by atoms with van der Waals surface area (Å²) in [6.45, 7) is 1.66. The van der Waals surface area contributed by atoms with Crippen LogP contribution < -0.4 is 5.32 Å². The molecule has 0 radical (unpaired) electrons. The Bertz CT molecular complexity index is 1060. The second-order valence-corrected chi connectivity index (χ2v) is 7.89. The number of amides is 1. The number of carbonyl (C=O) groups is 2. The molecule has 40 heavy (non-hydrogen) atoms. The van der Waals surface area contributed by atoms with Crippen LogP contribution in [0.25, 0.3) is 0 Å². The summed E-state index contributed by atoms with van der Waals surface area (Å²) in [5, 5.41) is 0.784. The number of alkyl halides is 16. The molecule has 0 bridgehead atoms. The molecule has 0 saturated carbocycles. The Hall–Kier alpha value is -2.96. The molecule has 0 fully saturated rings. The van der Waals surface area contributed by atoms with Gasteiger partial charge in [0.15, 0.2) is 0 Å². The molecule has 230 valence electrons. The van der Waals surface area contributed by atoms with E-state index in [2.05, 4.69) is 0 Å². The van der Waals surface area contributed by atoms with Gasteiger partial charge in [-0.15, -0.1) is 0 Å². The van der Waals surface area contributed by atoms with Gasteiger partial charge in [0.1, 0.15) is 0 Å². The van der Waals surface area contributed by atoms with Crippen LogP contribution in [0.2, 0.25) is 0 Å². The van der Waals surface area contributed by atoms with Crippen molar-refractivity contribution in [3.8, 4) is 0 Å². The first-order valence-electron chi connectivity index (χ1n) is 10.3. The maximum absolute atomic E-state index is 14.0. The Morgan fingerprint density at radius 1 is 0.725 bits per heavy atom. The first-order valence-corrected chi connectivity index (χ1v) is 10.3. The molecule has 0 aliphatic carbocycles. The number of anilines is 1. The van der Waals surface area contributed by atoms with E-state index in [1.54, 1.807) is 6.92 Å². The maximum Gasteiger partial charge on any atom is 0.393 e. The Morgan fingerprint density at radius 2 is 1.15 bits per heavy atom. The van der Waals surface area contributed by atoms with Gasteiger partial charge < -0.3 is 10.1 Å². The molecule has 20 heteroatoms. The molecule has 0 saturated heterocycles. The van der Waals surface area contributed by atoms with Gasteiger partial charge in [0.05, 0.1) is 12.2 Å². The number of hydrogen-bond acceptors (Lipinski definition) is 3. The smallest absolute Gasteiger partial charge is 0.393 e. The predicted octanol–water partition coefficient (Wildman–Crippen LogP) is 7.29. The summed E-state index contributed by atoms with van der Waals surface area (Å²) < 4.78 is 219. The SMILES string of the molecule is CCCCOC(=O)c1ccc(NC(=O)C(F)(F)C(F)(F)C(F)(F)C(F)(F)C(F)(F)C(F)(F)C(F)(F)C(F)F)cc1. The molecule has 1 aromatic carbocycles. The van der Waals surface area contributed by atoms with Crippen molar-refractivity contribution in [2.24, 2.45) is 0 Å². The molecular formula is C20H15F16NO3. The highest BCUT2D eigenvalue weighted by Crippen LogP contribution is 2.62. The monoisotopic (exact) mass is 621 g/mol. The zero-order chi connectivity index (χ0) is 31.8. The van der Waals surface area contributed by atoms with Crippen molar-refractivity contribution in [1.29, 1.82) is 0 Å². The lowest BCUT2D eigenvalue weighted by Crippen LogP contribution is -2.74. The number of ether oxygens (including phenoxy) is 1. The fraction of sp³-hybridized carbons (Fsp3) is 0.600. The molecule has 0 spiro atoms. The molecule has 0 aliphatic rings. The third kappa shape index (κ3) is 5.48. The van der Waals surface area contributed by atoms with E-state index in [4.69, 9.17) is 4.74 Å². The van der Waals surface area contributed by atoms with Crippen LogP contribution in [0, 0.1) is 0 Å². The van der Waals surface area contributed by atoms with Crippen molar-refractivity contribution in [1.82, 2.24) is 0 Å². The number of esters is 1. The topological polar surface area (TPSA) is 55.4 Å². The van der Waals surface area contributed by atoms with Crippen LogP contribution in [0.3, 0.4) is 0 Å². The lowest BCUT2D eigenvalue weighted by atomic mass is 9.89. The van der Waals surface area contributed by atoms with Crippen molar-refractivity contribution in [3.63, 3.8) is 0 Å². The fourth-order valence-electron chi connectivity index (χ4n) is 2.57. The largest absolute Gasteiger partial charge is 0.462 e. The molecule has 1 N–H and O–H groups in total. The number of hydrogen-bond donors (Lipinski definition) is 1. The Kier molecular flexibility index (Phi) is 9.76. The lowest BCUT2D eigenvalue weighted by Gasteiger charge is -2.42. The van der Waals surface area contributed by atoms with Crippen LogP contribution in [-0.4, -0.2) is 66.4 Å². The molecule has 0 atom stereocenters. The molecule has 0 aliphatic heterocycles. The zero-order valence-electron chi connectivity index (χ0n) is 19.3. The lowest BCUT2D eigenvalue weighted by molar-refractivity contribution is -0.443. The van der Waals surface area contributed by atoms with E-state index < -0.39 is 65.4 Å².